The van der Waals surface area contributed by atoms with Crippen LogP contribution in [-0.2, 0) is 4.79 Å². The number of hydrogen-bond donors (Lipinski definition) is 1. The van der Waals surface area contributed by atoms with Gasteiger partial charge in [0.05, 0.1) is 13.2 Å². The summed E-state index contributed by atoms with van der Waals surface area (Å²) in [6.45, 7) is 9.30. The van der Waals surface area contributed by atoms with Crippen molar-refractivity contribution in [3.8, 4) is 11.5 Å². The van der Waals surface area contributed by atoms with Crippen molar-refractivity contribution in [1.29, 1.82) is 0 Å². The highest BCUT2D eigenvalue weighted by Crippen LogP contribution is 2.33. The minimum atomic E-state index is -0.835. The van der Waals surface area contributed by atoms with Gasteiger partial charge in [0.15, 0.2) is 11.5 Å². The van der Waals surface area contributed by atoms with Crippen molar-refractivity contribution in [3.63, 3.8) is 0 Å². The van der Waals surface area contributed by atoms with E-state index in [1.807, 2.05) is 24.8 Å². The Hall–Kier alpha value is -1.79. The molecular formula is C18H28N2O4. The Bertz CT molecular complexity index is 564. The van der Waals surface area contributed by atoms with E-state index in [1.54, 1.807) is 12.1 Å². The van der Waals surface area contributed by atoms with Gasteiger partial charge in [-0.2, -0.15) is 0 Å². The second kappa shape index (κ2) is 8.35. The lowest BCUT2D eigenvalue weighted by Gasteiger charge is -2.40. The van der Waals surface area contributed by atoms with E-state index in [9.17, 15) is 9.90 Å². The maximum atomic E-state index is 11.9. The number of ether oxygens (including phenoxy) is 2. The second-order valence-electron chi connectivity index (χ2n) is 6.14. The van der Waals surface area contributed by atoms with Gasteiger partial charge in [0.25, 0.3) is 0 Å². The minimum Gasteiger partial charge on any atom is -0.490 e. The Kier molecular flexibility index (Phi) is 6.45. The molecule has 1 aromatic carbocycles. The van der Waals surface area contributed by atoms with E-state index in [0.29, 0.717) is 30.8 Å². The SMILES string of the molecule is CCOc1ccc(C(C(=O)O)N2CCN(C)C(C)C2)cc1OCC. The Morgan fingerprint density at radius 3 is 2.50 bits per heavy atom. The first kappa shape index (κ1) is 18.5. The molecule has 1 fully saturated rings. The number of carboxylic acid groups (broad SMARTS) is 1. The van der Waals surface area contributed by atoms with Crippen molar-refractivity contribution < 1.29 is 19.4 Å². The van der Waals surface area contributed by atoms with Crippen LogP contribution < -0.4 is 9.47 Å². The number of aliphatic carboxylic acids is 1. The molecule has 0 aromatic heterocycles. The van der Waals surface area contributed by atoms with Gasteiger partial charge in [-0.25, -0.2) is 0 Å². The zero-order valence-electron chi connectivity index (χ0n) is 15.0. The van der Waals surface area contributed by atoms with Gasteiger partial charge in [0.1, 0.15) is 6.04 Å². The van der Waals surface area contributed by atoms with Gasteiger partial charge in [-0.05, 0) is 45.5 Å². The van der Waals surface area contributed by atoms with E-state index in [1.165, 1.54) is 0 Å². The van der Waals surface area contributed by atoms with Crippen LogP contribution in [0.2, 0.25) is 0 Å². The highest BCUT2D eigenvalue weighted by atomic mass is 16.5. The summed E-state index contributed by atoms with van der Waals surface area (Å²) in [5, 5.41) is 9.80. The van der Waals surface area contributed by atoms with Gasteiger partial charge >= 0.3 is 5.97 Å². The van der Waals surface area contributed by atoms with Crippen LogP contribution >= 0.6 is 0 Å². The Labute approximate surface area is 144 Å². The monoisotopic (exact) mass is 336 g/mol. The van der Waals surface area contributed by atoms with Crippen LogP contribution in [0.15, 0.2) is 18.2 Å². The normalized spacial score (nSPS) is 20.6. The summed E-state index contributed by atoms with van der Waals surface area (Å²) >= 11 is 0. The minimum absolute atomic E-state index is 0.328. The number of rotatable bonds is 7. The summed E-state index contributed by atoms with van der Waals surface area (Å²) in [5.41, 5.74) is 0.728. The van der Waals surface area contributed by atoms with Crippen molar-refractivity contribution >= 4 is 5.97 Å². The average molecular weight is 336 g/mol. The number of hydrogen-bond acceptors (Lipinski definition) is 5. The smallest absolute Gasteiger partial charge is 0.325 e. The van der Waals surface area contributed by atoms with E-state index in [2.05, 4.69) is 18.9 Å². The lowest BCUT2D eigenvalue weighted by Crippen LogP contribution is -2.52. The van der Waals surface area contributed by atoms with Crippen molar-refractivity contribution in [2.24, 2.45) is 0 Å². The quantitative estimate of drug-likeness (QED) is 0.824. The molecule has 2 rings (SSSR count). The van der Waals surface area contributed by atoms with E-state index in [4.69, 9.17) is 9.47 Å². The highest BCUT2D eigenvalue weighted by molar-refractivity contribution is 5.76. The third kappa shape index (κ3) is 4.19. The summed E-state index contributed by atoms with van der Waals surface area (Å²) in [6.07, 6.45) is 0. The molecule has 2 unspecified atom stereocenters. The van der Waals surface area contributed by atoms with Gasteiger partial charge in [-0.3, -0.25) is 9.69 Å². The number of carboxylic acids is 1. The van der Waals surface area contributed by atoms with Crippen LogP contribution in [0.25, 0.3) is 0 Å². The number of piperazine rings is 1. The van der Waals surface area contributed by atoms with Crippen molar-refractivity contribution in [2.75, 3.05) is 39.9 Å². The van der Waals surface area contributed by atoms with Crippen LogP contribution in [0.3, 0.4) is 0 Å². The largest absolute Gasteiger partial charge is 0.490 e. The fraction of sp³-hybridized carbons (Fsp3) is 0.611. The van der Waals surface area contributed by atoms with Crippen LogP contribution in [-0.4, -0.2) is 66.8 Å². The van der Waals surface area contributed by atoms with E-state index >= 15 is 0 Å². The van der Waals surface area contributed by atoms with E-state index in [-0.39, 0.29) is 0 Å². The second-order valence-corrected chi connectivity index (χ2v) is 6.14. The molecule has 1 aliphatic rings. The molecule has 0 radical (unpaired) electrons. The third-order valence-electron chi connectivity index (χ3n) is 4.47. The molecule has 1 aromatic rings. The number of benzene rings is 1. The molecule has 1 N–H and O–H groups in total. The molecule has 6 heteroatoms. The number of likely N-dealkylation sites (N-methyl/N-ethyl adjacent to an activating group) is 1. The average Bonchev–Trinajstić information content (AvgIpc) is 2.53. The molecule has 1 saturated heterocycles. The van der Waals surface area contributed by atoms with Gasteiger partial charge < -0.3 is 19.5 Å². The molecular weight excluding hydrogens is 308 g/mol. The van der Waals surface area contributed by atoms with Crippen molar-refractivity contribution in [2.45, 2.75) is 32.9 Å². The first-order chi connectivity index (χ1) is 11.5. The molecule has 0 bridgehead atoms. The van der Waals surface area contributed by atoms with Gasteiger partial charge in [-0.15, -0.1) is 0 Å². The molecule has 0 saturated carbocycles. The first-order valence-corrected chi connectivity index (χ1v) is 8.54. The molecule has 1 aliphatic heterocycles. The topological polar surface area (TPSA) is 62.2 Å². The highest BCUT2D eigenvalue weighted by Gasteiger charge is 2.32. The van der Waals surface area contributed by atoms with E-state index < -0.39 is 12.0 Å². The molecule has 2 atom stereocenters. The Morgan fingerprint density at radius 1 is 1.25 bits per heavy atom. The predicted molar refractivity (Wildman–Crippen MR) is 92.8 cm³/mol. The standard InChI is InChI=1S/C18H28N2O4/c1-5-23-15-8-7-14(11-16(15)24-6-2)17(18(21)22)20-10-9-19(4)13(3)12-20/h7-8,11,13,17H,5-6,9-10,12H2,1-4H3,(H,21,22). The number of carbonyl (C=O) groups is 1. The van der Waals surface area contributed by atoms with Crippen LogP contribution in [0.1, 0.15) is 32.4 Å². The molecule has 0 amide bonds. The zero-order chi connectivity index (χ0) is 17.7. The Morgan fingerprint density at radius 2 is 1.92 bits per heavy atom. The Balaban J connectivity index is 2.30. The zero-order valence-corrected chi connectivity index (χ0v) is 15.0. The summed E-state index contributed by atoms with van der Waals surface area (Å²) < 4.78 is 11.2. The molecule has 1 heterocycles. The summed E-state index contributed by atoms with van der Waals surface area (Å²) in [4.78, 5) is 16.2. The molecule has 0 spiro atoms. The maximum Gasteiger partial charge on any atom is 0.325 e. The van der Waals surface area contributed by atoms with Gasteiger partial charge in [0, 0.05) is 25.7 Å². The molecule has 0 aliphatic carbocycles. The van der Waals surface area contributed by atoms with Gasteiger partial charge in [0.2, 0.25) is 0 Å². The van der Waals surface area contributed by atoms with Gasteiger partial charge in [-0.1, -0.05) is 6.07 Å². The summed E-state index contributed by atoms with van der Waals surface area (Å²) in [7, 11) is 2.07. The van der Waals surface area contributed by atoms with Crippen LogP contribution in [0, 0.1) is 0 Å². The fourth-order valence-electron chi connectivity index (χ4n) is 3.06. The third-order valence-corrected chi connectivity index (χ3v) is 4.47. The molecule has 6 nitrogen and oxygen atoms in total. The molecule has 24 heavy (non-hydrogen) atoms. The maximum absolute atomic E-state index is 11.9. The fourth-order valence-corrected chi connectivity index (χ4v) is 3.06. The lowest BCUT2D eigenvalue weighted by atomic mass is 10.0. The number of nitrogens with zero attached hydrogens (tertiary/aromatic N) is 2. The molecule has 134 valence electrons. The lowest BCUT2D eigenvalue weighted by molar-refractivity contribution is -0.144. The van der Waals surface area contributed by atoms with E-state index in [0.717, 1.165) is 25.2 Å². The van der Waals surface area contributed by atoms with Crippen LogP contribution in [0.4, 0.5) is 0 Å². The summed E-state index contributed by atoms with van der Waals surface area (Å²) in [5.74, 6) is 0.419. The van der Waals surface area contributed by atoms with Crippen LogP contribution in [0.5, 0.6) is 11.5 Å². The van der Waals surface area contributed by atoms with Crippen molar-refractivity contribution in [1.82, 2.24) is 9.80 Å². The predicted octanol–water partition coefficient (Wildman–Crippen LogP) is 2.25. The van der Waals surface area contributed by atoms with Crippen molar-refractivity contribution in [3.05, 3.63) is 23.8 Å². The summed E-state index contributed by atoms with van der Waals surface area (Å²) in [6, 6.07) is 5.09. The first-order valence-electron chi connectivity index (χ1n) is 8.54.